The number of hydrogen-bond donors (Lipinski definition) is 0. The van der Waals surface area contributed by atoms with Crippen molar-refractivity contribution in [3.8, 4) is 22.6 Å². The third-order valence-corrected chi connectivity index (χ3v) is 6.04. The van der Waals surface area contributed by atoms with E-state index < -0.39 is 0 Å². The molecule has 0 aliphatic carbocycles. The second-order valence-electron chi connectivity index (χ2n) is 7.91. The van der Waals surface area contributed by atoms with Crippen molar-refractivity contribution in [1.82, 2.24) is 9.88 Å². The summed E-state index contributed by atoms with van der Waals surface area (Å²) in [5, 5.41) is 0. The molecule has 0 amide bonds. The maximum atomic E-state index is 5.80. The minimum Gasteiger partial charge on any atom is -0.486 e. The van der Waals surface area contributed by atoms with Crippen LogP contribution in [0.25, 0.3) is 11.1 Å². The Morgan fingerprint density at radius 3 is 2.59 bits per heavy atom. The number of hydrogen-bond acceptors (Lipinski definition) is 4. The van der Waals surface area contributed by atoms with E-state index in [2.05, 4.69) is 65.3 Å². The predicted octanol–water partition coefficient (Wildman–Crippen LogP) is 5.17. The molecule has 2 aromatic carbocycles. The van der Waals surface area contributed by atoms with Crippen LogP contribution in [0.1, 0.15) is 35.6 Å². The molecule has 0 radical (unpaired) electrons. The van der Waals surface area contributed by atoms with Crippen molar-refractivity contribution in [3.63, 3.8) is 0 Å². The van der Waals surface area contributed by atoms with Gasteiger partial charge in [-0.05, 0) is 78.4 Å². The first-order valence-electron chi connectivity index (χ1n) is 10.4. The molecule has 1 aromatic heterocycles. The molecule has 3 heterocycles. The van der Waals surface area contributed by atoms with Crippen LogP contribution in [-0.2, 0) is 6.54 Å². The summed E-state index contributed by atoms with van der Waals surface area (Å²) in [7, 11) is 0. The van der Waals surface area contributed by atoms with E-state index in [1.54, 1.807) is 0 Å². The standard InChI is InChI=1S/C25H26N2O2/c1-18-15-20(19-8-10-26-11-9-19)4-5-22(18)17-27-12-2-3-23(27)21-6-7-24-25(16-21)29-14-13-28-24/h4-11,15-16,23H,2-3,12-14,17H2,1H3/t23-/m0/s1. The Labute approximate surface area is 172 Å². The fourth-order valence-corrected chi connectivity index (χ4v) is 4.48. The molecule has 4 nitrogen and oxygen atoms in total. The van der Waals surface area contributed by atoms with Gasteiger partial charge < -0.3 is 9.47 Å². The molecule has 29 heavy (non-hydrogen) atoms. The van der Waals surface area contributed by atoms with Gasteiger partial charge >= 0.3 is 0 Å². The lowest BCUT2D eigenvalue weighted by Gasteiger charge is -2.27. The van der Waals surface area contributed by atoms with Crippen LogP contribution < -0.4 is 9.47 Å². The molecule has 1 fully saturated rings. The van der Waals surface area contributed by atoms with Gasteiger partial charge in [-0.25, -0.2) is 0 Å². The van der Waals surface area contributed by atoms with Gasteiger partial charge in [0, 0.05) is 25.0 Å². The summed E-state index contributed by atoms with van der Waals surface area (Å²) in [5.74, 6) is 1.76. The highest BCUT2D eigenvalue weighted by Gasteiger charge is 2.27. The topological polar surface area (TPSA) is 34.6 Å². The van der Waals surface area contributed by atoms with Crippen LogP contribution in [0.2, 0.25) is 0 Å². The van der Waals surface area contributed by atoms with Crippen LogP contribution in [0.5, 0.6) is 11.5 Å². The number of likely N-dealkylation sites (tertiary alicyclic amines) is 1. The molecule has 0 bridgehead atoms. The summed E-state index contributed by atoms with van der Waals surface area (Å²) >= 11 is 0. The van der Waals surface area contributed by atoms with E-state index in [9.17, 15) is 0 Å². The van der Waals surface area contributed by atoms with Crippen LogP contribution in [-0.4, -0.2) is 29.6 Å². The van der Waals surface area contributed by atoms with Crippen molar-refractivity contribution in [2.75, 3.05) is 19.8 Å². The number of nitrogens with zero attached hydrogens (tertiary/aromatic N) is 2. The monoisotopic (exact) mass is 386 g/mol. The van der Waals surface area contributed by atoms with Crippen molar-refractivity contribution in [1.29, 1.82) is 0 Å². The first-order valence-corrected chi connectivity index (χ1v) is 10.4. The third-order valence-electron chi connectivity index (χ3n) is 6.04. The lowest BCUT2D eigenvalue weighted by atomic mass is 9.99. The van der Waals surface area contributed by atoms with E-state index in [-0.39, 0.29) is 0 Å². The molecule has 5 rings (SSSR count). The highest BCUT2D eigenvalue weighted by atomic mass is 16.6. The summed E-state index contributed by atoms with van der Waals surface area (Å²) < 4.78 is 11.5. The normalized spacial score (nSPS) is 18.7. The second kappa shape index (κ2) is 7.88. The van der Waals surface area contributed by atoms with Crippen molar-refractivity contribution in [2.24, 2.45) is 0 Å². The first kappa shape index (κ1) is 18.2. The lowest BCUT2D eigenvalue weighted by Crippen LogP contribution is -2.23. The van der Waals surface area contributed by atoms with Crippen molar-refractivity contribution in [3.05, 3.63) is 77.6 Å². The van der Waals surface area contributed by atoms with E-state index in [4.69, 9.17) is 9.47 Å². The number of aromatic nitrogens is 1. The molecule has 0 saturated carbocycles. The number of benzene rings is 2. The highest BCUT2D eigenvalue weighted by molar-refractivity contribution is 5.64. The molecule has 0 unspecified atom stereocenters. The van der Waals surface area contributed by atoms with Crippen LogP contribution in [0.3, 0.4) is 0 Å². The zero-order chi connectivity index (χ0) is 19.6. The molecule has 4 heteroatoms. The van der Waals surface area contributed by atoms with Crippen molar-refractivity contribution >= 4 is 0 Å². The molecule has 1 saturated heterocycles. The van der Waals surface area contributed by atoms with Gasteiger partial charge in [0.05, 0.1) is 0 Å². The van der Waals surface area contributed by atoms with Gasteiger partial charge in [-0.3, -0.25) is 9.88 Å². The molecule has 1 atom stereocenters. The van der Waals surface area contributed by atoms with Crippen molar-refractivity contribution < 1.29 is 9.47 Å². The quantitative estimate of drug-likeness (QED) is 0.620. The second-order valence-corrected chi connectivity index (χ2v) is 7.91. The zero-order valence-electron chi connectivity index (χ0n) is 16.8. The summed E-state index contributed by atoms with van der Waals surface area (Å²) in [4.78, 5) is 6.72. The molecule has 3 aromatic rings. The molecule has 148 valence electrons. The van der Waals surface area contributed by atoms with Crippen LogP contribution in [0, 0.1) is 6.92 Å². The highest BCUT2D eigenvalue weighted by Crippen LogP contribution is 2.39. The summed E-state index contributed by atoms with van der Waals surface area (Å²) in [6.45, 7) is 5.59. The first-order chi connectivity index (χ1) is 14.3. The number of ether oxygens (including phenoxy) is 2. The van der Waals surface area contributed by atoms with E-state index in [0.29, 0.717) is 19.3 Å². The van der Waals surface area contributed by atoms with Crippen molar-refractivity contribution in [2.45, 2.75) is 32.4 Å². The van der Waals surface area contributed by atoms with Gasteiger partial charge in [0.1, 0.15) is 13.2 Å². The van der Waals surface area contributed by atoms with Crippen LogP contribution in [0.15, 0.2) is 60.9 Å². The number of pyridine rings is 1. The van der Waals surface area contributed by atoms with E-state index >= 15 is 0 Å². The summed E-state index contributed by atoms with van der Waals surface area (Å²) in [6.07, 6.45) is 6.11. The molecule has 0 spiro atoms. The summed E-state index contributed by atoms with van der Waals surface area (Å²) in [6, 6.07) is 17.8. The Morgan fingerprint density at radius 2 is 1.76 bits per heavy atom. The average Bonchev–Trinajstić information content (AvgIpc) is 3.23. The predicted molar refractivity (Wildman–Crippen MR) is 114 cm³/mol. The number of rotatable bonds is 4. The average molecular weight is 386 g/mol. The maximum Gasteiger partial charge on any atom is 0.161 e. The van der Waals surface area contributed by atoms with Gasteiger partial charge in [-0.1, -0.05) is 24.3 Å². The third kappa shape index (κ3) is 3.73. The molecule has 2 aliphatic heterocycles. The molecular weight excluding hydrogens is 360 g/mol. The molecule has 0 N–H and O–H groups in total. The van der Waals surface area contributed by atoms with E-state index in [0.717, 1.165) is 24.6 Å². The minimum absolute atomic E-state index is 0.435. The van der Waals surface area contributed by atoms with Gasteiger partial charge in [0.15, 0.2) is 11.5 Å². The Kier molecular flexibility index (Phi) is 4.94. The smallest absolute Gasteiger partial charge is 0.161 e. The maximum absolute atomic E-state index is 5.80. The number of fused-ring (bicyclic) bond motifs is 1. The summed E-state index contributed by atoms with van der Waals surface area (Å²) in [5.41, 5.74) is 6.53. The van der Waals surface area contributed by atoms with Gasteiger partial charge in [-0.15, -0.1) is 0 Å². The van der Waals surface area contributed by atoms with E-state index in [1.807, 2.05) is 12.4 Å². The Morgan fingerprint density at radius 1 is 0.931 bits per heavy atom. The van der Waals surface area contributed by atoms with Crippen LogP contribution in [0.4, 0.5) is 0 Å². The minimum atomic E-state index is 0.435. The SMILES string of the molecule is Cc1cc(-c2ccncc2)ccc1CN1CCC[C@H]1c1ccc2c(c1)OCCO2. The van der Waals surface area contributed by atoms with Gasteiger partial charge in [-0.2, -0.15) is 0 Å². The van der Waals surface area contributed by atoms with Gasteiger partial charge in [0.2, 0.25) is 0 Å². The zero-order valence-corrected chi connectivity index (χ0v) is 16.8. The Balaban J connectivity index is 1.36. The molecule has 2 aliphatic rings. The Bertz CT molecular complexity index is 1000. The van der Waals surface area contributed by atoms with E-state index in [1.165, 1.54) is 40.7 Å². The molecular formula is C25H26N2O2. The largest absolute Gasteiger partial charge is 0.486 e. The Hall–Kier alpha value is -2.85. The van der Waals surface area contributed by atoms with Crippen LogP contribution >= 0.6 is 0 Å². The fraction of sp³-hybridized carbons (Fsp3) is 0.320. The lowest BCUT2D eigenvalue weighted by molar-refractivity contribution is 0.170. The van der Waals surface area contributed by atoms with Gasteiger partial charge in [0.25, 0.3) is 0 Å². The number of aryl methyl sites for hydroxylation is 1. The fourth-order valence-electron chi connectivity index (χ4n) is 4.48.